The van der Waals surface area contributed by atoms with Crippen molar-refractivity contribution < 1.29 is 14.3 Å². The Morgan fingerprint density at radius 2 is 2.41 bits per heavy atom. The first-order valence-electron chi connectivity index (χ1n) is 4.92. The number of nitrogen functional groups attached to an aromatic ring is 1. The van der Waals surface area contributed by atoms with Crippen LogP contribution in [0.5, 0.6) is 0 Å². The molecule has 0 aromatic carbocycles. The highest BCUT2D eigenvalue weighted by Crippen LogP contribution is 2.16. The number of hydrogen-bond donors (Lipinski definition) is 3. The average Bonchev–Trinajstić information content (AvgIpc) is 2.80. The third-order valence-electron chi connectivity index (χ3n) is 2.15. The van der Waals surface area contributed by atoms with E-state index in [1.165, 1.54) is 12.3 Å². The van der Waals surface area contributed by atoms with Gasteiger partial charge in [-0.15, -0.1) is 0 Å². The van der Waals surface area contributed by atoms with Crippen LogP contribution in [-0.4, -0.2) is 16.1 Å². The fourth-order valence-electron chi connectivity index (χ4n) is 1.37. The number of nitrogens with one attached hydrogen (secondary N) is 1. The Morgan fingerprint density at radius 3 is 3.06 bits per heavy atom. The molecule has 4 N–H and O–H groups in total. The van der Waals surface area contributed by atoms with E-state index >= 15 is 0 Å². The third kappa shape index (κ3) is 2.54. The number of carbonyl (C=O) groups is 1. The van der Waals surface area contributed by atoms with Gasteiger partial charge in [0, 0.05) is 0 Å². The van der Waals surface area contributed by atoms with Crippen LogP contribution < -0.4 is 11.1 Å². The molecule has 0 amide bonds. The number of nitrogens with zero attached hydrogens (tertiary/aromatic N) is 1. The maximum absolute atomic E-state index is 11.0. The lowest BCUT2D eigenvalue weighted by atomic mass is 10.2. The molecule has 88 valence electrons. The molecule has 0 spiro atoms. The number of nitrogens with two attached hydrogens (primary N) is 1. The minimum atomic E-state index is -1.08. The third-order valence-corrected chi connectivity index (χ3v) is 2.15. The number of furan rings is 1. The van der Waals surface area contributed by atoms with Crippen LogP contribution in [0.2, 0.25) is 0 Å². The van der Waals surface area contributed by atoms with Crippen molar-refractivity contribution in [1.82, 2.24) is 4.98 Å². The Morgan fingerprint density at radius 1 is 1.59 bits per heavy atom. The van der Waals surface area contributed by atoms with E-state index in [4.69, 9.17) is 15.3 Å². The zero-order chi connectivity index (χ0) is 12.3. The predicted octanol–water partition coefficient (Wildman–Crippen LogP) is 1.57. The highest BCUT2D eigenvalue weighted by molar-refractivity contribution is 5.94. The highest BCUT2D eigenvalue weighted by Gasteiger charge is 2.11. The van der Waals surface area contributed by atoms with Gasteiger partial charge in [0.05, 0.1) is 24.7 Å². The molecular weight excluding hydrogens is 222 g/mol. The van der Waals surface area contributed by atoms with E-state index in [1.807, 2.05) is 0 Å². The Kier molecular flexibility index (Phi) is 2.95. The second kappa shape index (κ2) is 4.56. The van der Waals surface area contributed by atoms with Gasteiger partial charge in [-0.05, 0) is 18.2 Å². The van der Waals surface area contributed by atoms with Gasteiger partial charge in [0.25, 0.3) is 0 Å². The van der Waals surface area contributed by atoms with E-state index in [0.29, 0.717) is 18.0 Å². The summed E-state index contributed by atoms with van der Waals surface area (Å²) in [4.78, 5) is 14.9. The first kappa shape index (κ1) is 11.0. The molecule has 0 radical (unpaired) electrons. The van der Waals surface area contributed by atoms with Gasteiger partial charge in [-0.3, -0.25) is 0 Å². The first-order chi connectivity index (χ1) is 8.16. The number of rotatable bonds is 4. The maximum atomic E-state index is 11.0. The fourth-order valence-corrected chi connectivity index (χ4v) is 1.37. The van der Waals surface area contributed by atoms with Crippen molar-refractivity contribution in [2.45, 2.75) is 6.54 Å². The Labute approximate surface area is 97.1 Å². The maximum Gasteiger partial charge on any atom is 0.339 e. The van der Waals surface area contributed by atoms with Crippen LogP contribution in [0.4, 0.5) is 11.5 Å². The van der Waals surface area contributed by atoms with Crippen molar-refractivity contribution in [2.75, 3.05) is 11.1 Å². The Hall–Kier alpha value is -2.50. The van der Waals surface area contributed by atoms with Crippen LogP contribution in [0.1, 0.15) is 16.1 Å². The summed E-state index contributed by atoms with van der Waals surface area (Å²) in [5.74, 6) is -0.116. The first-order valence-corrected chi connectivity index (χ1v) is 4.92. The molecule has 2 heterocycles. The monoisotopic (exact) mass is 233 g/mol. The standard InChI is InChI=1S/C11H11N3O3/c12-7-4-9(11(15)16)10(13-5-7)14-6-8-2-1-3-17-8/h1-5H,6,12H2,(H,13,14)(H,15,16). The summed E-state index contributed by atoms with van der Waals surface area (Å²) in [7, 11) is 0. The number of carboxylic acids is 1. The quantitative estimate of drug-likeness (QED) is 0.740. The molecule has 2 rings (SSSR count). The van der Waals surface area contributed by atoms with Crippen molar-refractivity contribution in [3.63, 3.8) is 0 Å². The summed E-state index contributed by atoms with van der Waals surface area (Å²) in [6, 6.07) is 4.90. The minimum absolute atomic E-state index is 0.0385. The van der Waals surface area contributed by atoms with Crippen LogP contribution >= 0.6 is 0 Å². The van der Waals surface area contributed by atoms with E-state index in [1.54, 1.807) is 18.4 Å². The largest absolute Gasteiger partial charge is 0.478 e. The van der Waals surface area contributed by atoms with E-state index < -0.39 is 5.97 Å². The second-order valence-electron chi connectivity index (χ2n) is 3.40. The van der Waals surface area contributed by atoms with Gasteiger partial charge in [0.2, 0.25) is 0 Å². The Bertz CT molecular complexity index is 523. The predicted molar refractivity (Wildman–Crippen MR) is 61.6 cm³/mol. The van der Waals surface area contributed by atoms with Crippen LogP contribution in [0.3, 0.4) is 0 Å². The van der Waals surface area contributed by atoms with Gasteiger partial charge in [0.15, 0.2) is 0 Å². The number of aromatic nitrogens is 1. The number of aromatic carboxylic acids is 1. The average molecular weight is 233 g/mol. The van der Waals surface area contributed by atoms with E-state index in [2.05, 4.69) is 10.3 Å². The van der Waals surface area contributed by atoms with E-state index in [-0.39, 0.29) is 11.4 Å². The summed E-state index contributed by atoms with van der Waals surface area (Å²) < 4.78 is 5.12. The molecule has 0 aliphatic rings. The number of carboxylic acid groups (broad SMARTS) is 1. The summed E-state index contributed by atoms with van der Waals surface area (Å²) in [5, 5.41) is 11.9. The summed E-state index contributed by atoms with van der Waals surface area (Å²) >= 11 is 0. The smallest absolute Gasteiger partial charge is 0.339 e. The number of pyridine rings is 1. The van der Waals surface area contributed by atoms with E-state index in [9.17, 15) is 4.79 Å². The second-order valence-corrected chi connectivity index (χ2v) is 3.40. The highest BCUT2D eigenvalue weighted by atomic mass is 16.4. The molecule has 6 heteroatoms. The number of anilines is 2. The topological polar surface area (TPSA) is 101 Å². The summed E-state index contributed by atoms with van der Waals surface area (Å²) in [6.45, 7) is 0.365. The van der Waals surface area contributed by atoms with Gasteiger partial charge in [-0.1, -0.05) is 0 Å². The Balaban J connectivity index is 2.17. The fraction of sp³-hybridized carbons (Fsp3) is 0.0909. The molecule has 0 bridgehead atoms. The summed E-state index contributed by atoms with van der Waals surface area (Å²) in [6.07, 6.45) is 2.95. The lowest BCUT2D eigenvalue weighted by Gasteiger charge is -2.07. The molecule has 0 atom stereocenters. The van der Waals surface area contributed by atoms with Crippen molar-refractivity contribution in [2.24, 2.45) is 0 Å². The van der Waals surface area contributed by atoms with Crippen molar-refractivity contribution in [3.05, 3.63) is 42.0 Å². The van der Waals surface area contributed by atoms with Crippen LogP contribution in [0.15, 0.2) is 35.1 Å². The molecule has 2 aromatic rings. The van der Waals surface area contributed by atoms with Crippen LogP contribution in [-0.2, 0) is 6.54 Å². The molecule has 17 heavy (non-hydrogen) atoms. The van der Waals surface area contributed by atoms with Crippen molar-refractivity contribution in [3.8, 4) is 0 Å². The molecule has 2 aromatic heterocycles. The van der Waals surface area contributed by atoms with Crippen molar-refractivity contribution in [1.29, 1.82) is 0 Å². The molecule has 0 fully saturated rings. The SMILES string of the molecule is Nc1cnc(NCc2ccco2)c(C(=O)O)c1. The summed E-state index contributed by atoms with van der Waals surface area (Å²) in [5.41, 5.74) is 5.83. The molecule has 0 aliphatic heterocycles. The van der Waals surface area contributed by atoms with Crippen LogP contribution in [0.25, 0.3) is 0 Å². The van der Waals surface area contributed by atoms with Gasteiger partial charge in [-0.25, -0.2) is 9.78 Å². The van der Waals surface area contributed by atoms with Gasteiger partial charge < -0.3 is 20.6 Å². The lowest BCUT2D eigenvalue weighted by Crippen LogP contribution is -2.08. The van der Waals surface area contributed by atoms with Gasteiger partial charge in [-0.2, -0.15) is 0 Å². The molecule has 0 saturated heterocycles. The van der Waals surface area contributed by atoms with Crippen LogP contribution in [0, 0.1) is 0 Å². The normalized spacial score (nSPS) is 10.1. The van der Waals surface area contributed by atoms with Gasteiger partial charge >= 0.3 is 5.97 Å². The van der Waals surface area contributed by atoms with E-state index in [0.717, 1.165) is 0 Å². The minimum Gasteiger partial charge on any atom is -0.478 e. The zero-order valence-electron chi connectivity index (χ0n) is 8.88. The van der Waals surface area contributed by atoms with Crippen molar-refractivity contribution >= 4 is 17.5 Å². The molecule has 0 saturated carbocycles. The van der Waals surface area contributed by atoms with Gasteiger partial charge in [0.1, 0.15) is 17.1 Å². The lowest BCUT2D eigenvalue weighted by molar-refractivity contribution is 0.0697. The molecular formula is C11H11N3O3. The molecule has 0 unspecified atom stereocenters. The number of hydrogen-bond acceptors (Lipinski definition) is 5. The molecule has 0 aliphatic carbocycles. The zero-order valence-corrected chi connectivity index (χ0v) is 8.88. The molecule has 6 nitrogen and oxygen atoms in total.